The largest absolute Gasteiger partial charge is 0.494 e. The maximum atomic E-state index is 12.7. The Hall–Kier alpha value is -1.18. The number of hydrogen-bond acceptors (Lipinski definition) is 2. The summed E-state index contributed by atoms with van der Waals surface area (Å²) >= 11 is 0. The summed E-state index contributed by atoms with van der Waals surface area (Å²) in [6.45, 7) is 0.522. The summed E-state index contributed by atoms with van der Waals surface area (Å²) in [5, 5.41) is 0. The lowest BCUT2D eigenvalue weighted by atomic mass is 10.2. The third kappa shape index (κ3) is 8.08. The van der Waals surface area contributed by atoms with Crippen LogP contribution in [0.25, 0.3) is 0 Å². The highest BCUT2D eigenvalue weighted by atomic mass is 32.2. The highest BCUT2D eigenvalue weighted by Gasteiger charge is 2.56. The van der Waals surface area contributed by atoms with Gasteiger partial charge in [-0.2, -0.15) is 22.0 Å². The maximum absolute atomic E-state index is 12.7. The fourth-order valence-corrected chi connectivity index (χ4v) is 3.14. The number of ether oxygens (including phenoxy) is 1. The van der Waals surface area contributed by atoms with Gasteiger partial charge < -0.3 is 4.74 Å². The summed E-state index contributed by atoms with van der Waals surface area (Å²) in [4.78, 5) is 0. The fourth-order valence-electron chi connectivity index (χ4n) is 1.95. The van der Waals surface area contributed by atoms with E-state index >= 15 is 0 Å². The van der Waals surface area contributed by atoms with Crippen LogP contribution in [0.4, 0.5) is 22.0 Å². The van der Waals surface area contributed by atoms with Gasteiger partial charge in [-0.3, -0.25) is 4.21 Å². The van der Waals surface area contributed by atoms with E-state index < -0.39 is 35.7 Å². The van der Waals surface area contributed by atoms with Gasteiger partial charge >= 0.3 is 12.1 Å². The van der Waals surface area contributed by atoms with Crippen LogP contribution < -0.4 is 4.74 Å². The van der Waals surface area contributed by atoms with Crippen LogP contribution in [0.15, 0.2) is 30.3 Å². The lowest BCUT2D eigenvalue weighted by molar-refractivity contribution is -0.284. The minimum atomic E-state index is -5.53. The van der Waals surface area contributed by atoms with Gasteiger partial charge in [0.25, 0.3) is 0 Å². The summed E-state index contributed by atoms with van der Waals surface area (Å²) < 4.78 is 78.3. The van der Waals surface area contributed by atoms with Crippen molar-refractivity contribution in [3.05, 3.63) is 30.3 Å². The van der Waals surface area contributed by atoms with Crippen LogP contribution in [-0.2, 0) is 10.8 Å². The summed E-state index contributed by atoms with van der Waals surface area (Å²) in [5.41, 5.74) is 0. The fraction of sp³-hybridized carbons (Fsp3) is 0.625. The van der Waals surface area contributed by atoms with E-state index in [2.05, 4.69) is 0 Å². The predicted molar refractivity (Wildman–Crippen MR) is 83.9 cm³/mol. The maximum Gasteiger partial charge on any atom is 0.453 e. The first-order valence-corrected chi connectivity index (χ1v) is 9.18. The number of hydrogen-bond donors (Lipinski definition) is 0. The molecule has 0 fully saturated rings. The van der Waals surface area contributed by atoms with Crippen LogP contribution >= 0.6 is 0 Å². The van der Waals surface area contributed by atoms with E-state index in [0.717, 1.165) is 18.6 Å². The summed E-state index contributed by atoms with van der Waals surface area (Å²) in [5.74, 6) is -3.76. The van der Waals surface area contributed by atoms with Crippen LogP contribution in [0, 0.1) is 0 Å². The van der Waals surface area contributed by atoms with E-state index in [0.29, 0.717) is 18.8 Å². The molecule has 8 heteroatoms. The summed E-state index contributed by atoms with van der Waals surface area (Å²) in [6, 6.07) is 9.28. The molecular weight excluding hydrogens is 351 g/mol. The summed E-state index contributed by atoms with van der Waals surface area (Å²) in [6.07, 6.45) is -5.10. The van der Waals surface area contributed by atoms with Gasteiger partial charge in [0, 0.05) is 28.7 Å². The molecule has 1 rings (SSSR count). The number of rotatable bonds is 11. The molecule has 0 aromatic heterocycles. The molecule has 0 N–H and O–H groups in total. The van der Waals surface area contributed by atoms with Crippen molar-refractivity contribution in [1.82, 2.24) is 0 Å². The number of alkyl halides is 5. The second kappa shape index (κ2) is 9.96. The zero-order chi connectivity index (χ0) is 18.1. The molecule has 0 aliphatic rings. The van der Waals surface area contributed by atoms with Crippen LogP contribution in [-0.4, -0.2) is 34.4 Å². The molecule has 0 spiro atoms. The minimum Gasteiger partial charge on any atom is -0.494 e. The molecule has 0 amide bonds. The van der Waals surface area contributed by atoms with Crippen LogP contribution in [0.5, 0.6) is 5.75 Å². The number of benzene rings is 1. The molecule has 1 unspecified atom stereocenters. The van der Waals surface area contributed by atoms with Gasteiger partial charge in [-0.25, -0.2) is 0 Å². The number of unbranched alkanes of at least 4 members (excludes halogenated alkanes) is 2. The molecule has 0 aliphatic heterocycles. The first-order valence-electron chi connectivity index (χ1n) is 7.70. The number of para-hydroxylation sites is 1. The molecule has 0 bridgehead atoms. The molecule has 138 valence electrons. The van der Waals surface area contributed by atoms with E-state index in [-0.39, 0.29) is 5.75 Å². The predicted octanol–water partition coefficient (Wildman–Crippen LogP) is 4.96. The first-order chi connectivity index (χ1) is 11.2. The molecule has 24 heavy (non-hydrogen) atoms. The lowest BCUT2D eigenvalue weighted by Crippen LogP contribution is -2.36. The molecule has 0 heterocycles. The molecule has 1 aromatic rings. The molecule has 1 atom stereocenters. The third-order valence-electron chi connectivity index (χ3n) is 3.31. The van der Waals surface area contributed by atoms with Crippen LogP contribution in [0.1, 0.15) is 32.1 Å². The SMILES string of the molecule is O=S(CCCCCOc1ccccc1)CCCC(F)(F)C(F)(F)F. The van der Waals surface area contributed by atoms with Crippen molar-refractivity contribution in [2.24, 2.45) is 0 Å². The van der Waals surface area contributed by atoms with E-state index in [1.807, 2.05) is 30.3 Å². The standard InChI is InChI=1S/C16H21F5O2S/c17-15(18,16(19,20)21)10-7-13-24(22)12-6-2-5-11-23-14-8-3-1-4-9-14/h1,3-4,8-9H,2,5-7,10-13H2. The van der Waals surface area contributed by atoms with Gasteiger partial charge in [-0.1, -0.05) is 18.2 Å². The zero-order valence-electron chi connectivity index (χ0n) is 13.2. The van der Waals surface area contributed by atoms with Gasteiger partial charge in [0.15, 0.2) is 0 Å². The Morgan fingerprint density at radius 3 is 2.12 bits per heavy atom. The lowest BCUT2D eigenvalue weighted by Gasteiger charge is -2.19. The minimum absolute atomic E-state index is 0.133. The smallest absolute Gasteiger partial charge is 0.453 e. The zero-order valence-corrected chi connectivity index (χ0v) is 14.0. The van der Waals surface area contributed by atoms with Crippen molar-refractivity contribution in [2.75, 3.05) is 18.1 Å². The van der Waals surface area contributed by atoms with Crippen molar-refractivity contribution in [3.63, 3.8) is 0 Å². The van der Waals surface area contributed by atoms with Crippen LogP contribution in [0.3, 0.4) is 0 Å². The molecule has 2 nitrogen and oxygen atoms in total. The van der Waals surface area contributed by atoms with E-state index in [4.69, 9.17) is 4.74 Å². The normalized spacial score (nSPS) is 13.7. The van der Waals surface area contributed by atoms with Crippen molar-refractivity contribution in [3.8, 4) is 5.75 Å². The Balaban J connectivity index is 2.04. The van der Waals surface area contributed by atoms with Crippen molar-refractivity contribution in [2.45, 2.75) is 44.2 Å². The average molecular weight is 372 g/mol. The van der Waals surface area contributed by atoms with Gasteiger partial charge in [0.1, 0.15) is 5.75 Å². The highest BCUT2D eigenvalue weighted by molar-refractivity contribution is 7.84. The van der Waals surface area contributed by atoms with Crippen molar-refractivity contribution < 1.29 is 30.9 Å². The number of halogens is 5. The molecular formula is C16H21F5O2S. The van der Waals surface area contributed by atoms with Gasteiger partial charge in [0.05, 0.1) is 6.61 Å². The Kier molecular flexibility index (Phi) is 8.66. The Bertz CT molecular complexity index is 491. The van der Waals surface area contributed by atoms with E-state index in [1.165, 1.54) is 0 Å². The Morgan fingerprint density at radius 2 is 1.50 bits per heavy atom. The molecule has 0 saturated heterocycles. The first kappa shape index (κ1) is 20.9. The third-order valence-corrected chi connectivity index (χ3v) is 4.79. The van der Waals surface area contributed by atoms with Gasteiger partial charge in [0.2, 0.25) is 0 Å². The molecule has 0 radical (unpaired) electrons. The van der Waals surface area contributed by atoms with Crippen molar-refractivity contribution >= 4 is 10.8 Å². The monoisotopic (exact) mass is 372 g/mol. The Labute approximate surface area is 140 Å². The van der Waals surface area contributed by atoms with Gasteiger partial charge in [-0.05, 0) is 37.8 Å². The van der Waals surface area contributed by atoms with E-state index in [9.17, 15) is 26.2 Å². The highest BCUT2D eigenvalue weighted by Crippen LogP contribution is 2.38. The molecule has 1 aromatic carbocycles. The quantitative estimate of drug-likeness (QED) is 0.405. The van der Waals surface area contributed by atoms with Crippen LogP contribution in [0.2, 0.25) is 0 Å². The Morgan fingerprint density at radius 1 is 0.875 bits per heavy atom. The molecule has 0 aliphatic carbocycles. The van der Waals surface area contributed by atoms with E-state index in [1.54, 1.807) is 0 Å². The average Bonchev–Trinajstić information content (AvgIpc) is 2.50. The van der Waals surface area contributed by atoms with Crippen molar-refractivity contribution in [1.29, 1.82) is 0 Å². The second-order valence-corrected chi connectivity index (χ2v) is 7.07. The topological polar surface area (TPSA) is 26.3 Å². The van der Waals surface area contributed by atoms with Gasteiger partial charge in [-0.15, -0.1) is 0 Å². The molecule has 0 saturated carbocycles. The second-order valence-electron chi connectivity index (χ2n) is 5.38. The summed E-state index contributed by atoms with van der Waals surface area (Å²) in [7, 11) is -1.36.